The molecule has 1 fully saturated rings. The summed E-state index contributed by atoms with van der Waals surface area (Å²) in [6.07, 6.45) is 0. The Kier molecular flexibility index (Phi) is 6.48. The molecule has 2 aliphatic rings. The number of nitrogens with zero attached hydrogens (tertiary/aromatic N) is 3. The molecule has 0 bridgehead atoms. The molecule has 2 aliphatic heterocycles. The van der Waals surface area contributed by atoms with Crippen LogP contribution in [-0.2, 0) is 16.1 Å². The maximum absolute atomic E-state index is 13.2. The van der Waals surface area contributed by atoms with E-state index in [-0.39, 0.29) is 23.5 Å². The first-order chi connectivity index (χ1) is 16.6. The zero-order chi connectivity index (χ0) is 23.5. The quantitative estimate of drug-likeness (QED) is 0.499. The SMILES string of the molecule is O=C1C(Cl)=C(N2CCN(C(c3ccccc3)c3ccccc3)CC2)C(=O)N1Cc1ccccc1. The second-order valence-corrected chi connectivity index (χ2v) is 8.97. The Labute approximate surface area is 204 Å². The minimum atomic E-state index is -0.417. The van der Waals surface area contributed by atoms with Gasteiger partial charge in [-0.05, 0) is 16.7 Å². The number of carbonyl (C=O) groups excluding carboxylic acids is 2. The first kappa shape index (κ1) is 22.4. The molecule has 172 valence electrons. The third-order valence-electron chi connectivity index (χ3n) is 6.50. The van der Waals surface area contributed by atoms with Gasteiger partial charge in [0.05, 0.1) is 12.6 Å². The number of benzene rings is 3. The minimum absolute atomic E-state index is 0.0250. The van der Waals surface area contributed by atoms with Crippen LogP contribution >= 0.6 is 11.6 Å². The van der Waals surface area contributed by atoms with Gasteiger partial charge in [0.1, 0.15) is 10.7 Å². The third-order valence-corrected chi connectivity index (χ3v) is 6.84. The van der Waals surface area contributed by atoms with Crippen molar-refractivity contribution in [2.24, 2.45) is 0 Å². The number of rotatable bonds is 6. The van der Waals surface area contributed by atoms with Crippen LogP contribution in [0.1, 0.15) is 22.7 Å². The van der Waals surface area contributed by atoms with Crippen LogP contribution < -0.4 is 0 Å². The molecular formula is C28H26ClN3O2. The zero-order valence-corrected chi connectivity index (χ0v) is 19.6. The van der Waals surface area contributed by atoms with E-state index in [0.717, 1.165) is 18.7 Å². The largest absolute Gasteiger partial charge is 0.363 e. The van der Waals surface area contributed by atoms with Gasteiger partial charge in [0.2, 0.25) is 0 Å². The molecule has 0 spiro atoms. The Balaban J connectivity index is 1.32. The summed E-state index contributed by atoms with van der Waals surface area (Å²) in [5, 5.41) is 0.0250. The summed E-state index contributed by atoms with van der Waals surface area (Å²) in [7, 11) is 0. The van der Waals surface area contributed by atoms with E-state index in [1.54, 1.807) is 0 Å². The van der Waals surface area contributed by atoms with Gasteiger partial charge in [-0.1, -0.05) is 103 Å². The van der Waals surface area contributed by atoms with Crippen molar-refractivity contribution in [1.29, 1.82) is 0 Å². The minimum Gasteiger partial charge on any atom is -0.363 e. The van der Waals surface area contributed by atoms with Crippen LogP contribution in [0.5, 0.6) is 0 Å². The molecule has 5 nitrogen and oxygen atoms in total. The number of hydrogen-bond donors (Lipinski definition) is 0. The summed E-state index contributed by atoms with van der Waals surface area (Å²) >= 11 is 6.42. The van der Waals surface area contributed by atoms with Gasteiger partial charge in [-0.3, -0.25) is 19.4 Å². The maximum atomic E-state index is 13.2. The molecule has 0 atom stereocenters. The lowest BCUT2D eigenvalue weighted by Crippen LogP contribution is -2.48. The van der Waals surface area contributed by atoms with Crippen LogP contribution in [0.25, 0.3) is 0 Å². The van der Waals surface area contributed by atoms with Gasteiger partial charge < -0.3 is 4.90 Å². The van der Waals surface area contributed by atoms with Crippen LogP contribution in [0.3, 0.4) is 0 Å². The van der Waals surface area contributed by atoms with Gasteiger partial charge in [-0.2, -0.15) is 0 Å². The predicted molar refractivity (Wildman–Crippen MR) is 133 cm³/mol. The topological polar surface area (TPSA) is 43.9 Å². The number of piperazine rings is 1. The van der Waals surface area contributed by atoms with Crippen molar-refractivity contribution in [2.45, 2.75) is 12.6 Å². The van der Waals surface area contributed by atoms with Crippen molar-refractivity contribution in [3.8, 4) is 0 Å². The average Bonchev–Trinajstić information content (AvgIpc) is 3.10. The second kappa shape index (κ2) is 9.84. The van der Waals surface area contributed by atoms with Crippen molar-refractivity contribution in [3.63, 3.8) is 0 Å². The summed E-state index contributed by atoms with van der Waals surface area (Å²) in [5.74, 6) is -0.727. The Morgan fingerprint density at radius 3 is 1.71 bits per heavy atom. The molecule has 2 heterocycles. The van der Waals surface area contributed by atoms with Crippen LogP contribution in [0.2, 0.25) is 0 Å². The van der Waals surface area contributed by atoms with E-state index in [1.807, 2.05) is 47.4 Å². The van der Waals surface area contributed by atoms with Gasteiger partial charge in [-0.25, -0.2) is 0 Å². The molecule has 0 N–H and O–H groups in total. The highest BCUT2D eigenvalue weighted by Gasteiger charge is 2.41. The lowest BCUT2D eigenvalue weighted by molar-refractivity contribution is -0.138. The highest BCUT2D eigenvalue weighted by Crippen LogP contribution is 2.32. The van der Waals surface area contributed by atoms with Crippen molar-refractivity contribution in [2.75, 3.05) is 26.2 Å². The molecule has 0 radical (unpaired) electrons. The molecular weight excluding hydrogens is 446 g/mol. The van der Waals surface area contributed by atoms with E-state index in [0.29, 0.717) is 18.8 Å². The summed E-state index contributed by atoms with van der Waals surface area (Å²) in [6, 6.07) is 30.6. The van der Waals surface area contributed by atoms with Gasteiger partial charge in [0.25, 0.3) is 11.8 Å². The molecule has 3 aromatic carbocycles. The Morgan fingerprint density at radius 2 is 1.18 bits per heavy atom. The number of hydrogen-bond acceptors (Lipinski definition) is 4. The van der Waals surface area contributed by atoms with Gasteiger partial charge >= 0.3 is 0 Å². The van der Waals surface area contributed by atoms with Crippen molar-refractivity contribution < 1.29 is 9.59 Å². The smallest absolute Gasteiger partial charge is 0.279 e. The molecule has 3 aromatic rings. The van der Waals surface area contributed by atoms with E-state index in [1.165, 1.54) is 16.0 Å². The molecule has 0 unspecified atom stereocenters. The Bertz CT molecular complexity index is 1150. The van der Waals surface area contributed by atoms with Crippen LogP contribution in [0.4, 0.5) is 0 Å². The Hall–Kier alpha value is -3.41. The van der Waals surface area contributed by atoms with E-state index in [2.05, 4.69) is 53.4 Å². The van der Waals surface area contributed by atoms with E-state index < -0.39 is 5.91 Å². The number of imide groups is 1. The van der Waals surface area contributed by atoms with E-state index in [4.69, 9.17) is 11.6 Å². The fourth-order valence-corrected chi connectivity index (χ4v) is 5.11. The summed E-state index contributed by atoms with van der Waals surface area (Å²) in [4.78, 5) is 31.6. The lowest BCUT2D eigenvalue weighted by Gasteiger charge is -2.40. The molecule has 5 rings (SSSR count). The molecule has 0 aliphatic carbocycles. The lowest BCUT2D eigenvalue weighted by atomic mass is 9.96. The highest BCUT2D eigenvalue weighted by atomic mass is 35.5. The number of amides is 2. The normalized spacial score (nSPS) is 17.2. The predicted octanol–water partition coefficient (Wildman–Crippen LogP) is 4.41. The standard InChI is InChI=1S/C28H26ClN3O2/c29-24-26(28(34)32(27(24)33)20-21-10-4-1-5-11-21)31-18-16-30(17-19-31)25(22-12-6-2-7-13-22)23-14-8-3-9-15-23/h1-15,25H,16-20H2. The fraction of sp³-hybridized carbons (Fsp3) is 0.214. The molecule has 2 amide bonds. The van der Waals surface area contributed by atoms with Gasteiger partial charge in [-0.15, -0.1) is 0 Å². The summed E-state index contributed by atoms with van der Waals surface area (Å²) in [5.41, 5.74) is 3.70. The summed E-state index contributed by atoms with van der Waals surface area (Å²) < 4.78 is 0. The van der Waals surface area contributed by atoms with Crippen molar-refractivity contribution in [3.05, 3.63) is 118 Å². The Morgan fingerprint density at radius 1 is 0.676 bits per heavy atom. The maximum Gasteiger partial charge on any atom is 0.279 e. The van der Waals surface area contributed by atoms with Gasteiger partial charge in [0.15, 0.2) is 0 Å². The fourth-order valence-electron chi connectivity index (χ4n) is 4.81. The molecule has 0 aromatic heterocycles. The van der Waals surface area contributed by atoms with Crippen LogP contribution in [-0.4, -0.2) is 52.7 Å². The third kappa shape index (κ3) is 4.37. The van der Waals surface area contributed by atoms with Crippen molar-refractivity contribution >= 4 is 23.4 Å². The first-order valence-corrected chi connectivity index (χ1v) is 11.9. The monoisotopic (exact) mass is 471 g/mol. The zero-order valence-electron chi connectivity index (χ0n) is 18.8. The van der Waals surface area contributed by atoms with E-state index >= 15 is 0 Å². The van der Waals surface area contributed by atoms with E-state index in [9.17, 15) is 9.59 Å². The highest BCUT2D eigenvalue weighted by molar-refractivity contribution is 6.47. The van der Waals surface area contributed by atoms with Crippen LogP contribution in [0, 0.1) is 0 Å². The first-order valence-electron chi connectivity index (χ1n) is 11.5. The number of halogens is 1. The molecule has 34 heavy (non-hydrogen) atoms. The molecule has 0 saturated carbocycles. The van der Waals surface area contributed by atoms with Crippen molar-refractivity contribution in [1.82, 2.24) is 14.7 Å². The average molecular weight is 472 g/mol. The van der Waals surface area contributed by atoms with Crippen LogP contribution in [0.15, 0.2) is 102 Å². The van der Waals surface area contributed by atoms with Gasteiger partial charge in [0, 0.05) is 26.2 Å². The number of carbonyl (C=O) groups is 2. The summed E-state index contributed by atoms with van der Waals surface area (Å²) in [6.45, 7) is 2.98. The second-order valence-electron chi connectivity index (χ2n) is 8.59. The molecule has 1 saturated heterocycles. The molecule has 6 heteroatoms.